The molecule has 0 spiro atoms. The van der Waals surface area contributed by atoms with Gasteiger partial charge in [0.2, 0.25) is 5.91 Å². The number of hydrogen-bond donors (Lipinski definition) is 1. The average molecular weight is 439 g/mol. The number of ether oxygens (including phenoxy) is 1. The monoisotopic (exact) mass is 438 g/mol. The maximum Gasteiger partial charge on any atom is 0.417 e. The molecule has 172 valence electrons. The summed E-state index contributed by atoms with van der Waals surface area (Å²) in [4.78, 5) is 33.2. The second-order valence-corrected chi connectivity index (χ2v) is 8.85. The molecule has 1 aliphatic rings. The van der Waals surface area contributed by atoms with Crippen LogP contribution in [0, 0.1) is 5.92 Å². The number of rotatable bonds is 11. The Balaban J connectivity index is 1.68. The molecular weight excluding hydrogens is 404 g/mol. The van der Waals surface area contributed by atoms with Crippen LogP contribution in [0.4, 0.5) is 4.79 Å². The highest BCUT2D eigenvalue weighted by Gasteiger charge is 2.51. The van der Waals surface area contributed by atoms with Crippen molar-refractivity contribution in [3.8, 4) is 0 Å². The summed E-state index contributed by atoms with van der Waals surface area (Å²) in [5, 5.41) is 0. The molecule has 32 heavy (non-hydrogen) atoms. The number of hydroxylamine groups is 1. The van der Waals surface area contributed by atoms with Gasteiger partial charge in [-0.05, 0) is 37.8 Å². The lowest BCUT2D eigenvalue weighted by Crippen LogP contribution is -2.49. The van der Waals surface area contributed by atoms with Gasteiger partial charge in [0.05, 0.1) is 18.6 Å². The molecule has 1 saturated heterocycles. The number of nitrogens with zero attached hydrogens (tertiary/aromatic N) is 1. The van der Waals surface area contributed by atoms with Crippen molar-refractivity contribution in [2.75, 3.05) is 6.54 Å². The largest absolute Gasteiger partial charge is 0.441 e. The van der Waals surface area contributed by atoms with E-state index in [0.29, 0.717) is 26.0 Å². The molecule has 6 heteroatoms. The molecule has 2 amide bonds. The summed E-state index contributed by atoms with van der Waals surface area (Å²) in [5.74, 6) is -0.573. The highest BCUT2D eigenvalue weighted by Crippen LogP contribution is 2.33. The Morgan fingerprint density at radius 3 is 2.34 bits per heavy atom. The zero-order valence-electron chi connectivity index (χ0n) is 19.3. The molecule has 1 heterocycles. The number of benzene rings is 2. The van der Waals surface area contributed by atoms with Gasteiger partial charge in [0.1, 0.15) is 5.60 Å². The first kappa shape index (κ1) is 24.0. The van der Waals surface area contributed by atoms with Crippen LogP contribution in [0.15, 0.2) is 60.7 Å². The molecule has 1 unspecified atom stereocenters. The highest BCUT2D eigenvalue weighted by atomic mass is 16.6. The van der Waals surface area contributed by atoms with Crippen LogP contribution in [0.3, 0.4) is 0 Å². The van der Waals surface area contributed by atoms with Gasteiger partial charge in [-0.15, -0.1) is 0 Å². The van der Waals surface area contributed by atoms with Crippen molar-refractivity contribution in [3.63, 3.8) is 0 Å². The Morgan fingerprint density at radius 1 is 1.09 bits per heavy atom. The van der Waals surface area contributed by atoms with Gasteiger partial charge in [0, 0.05) is 6.54 Å². The van der Waals surface area contributed by atoms with E-state index in [1.165, 1.54) is 4.90 Å². The molecule has 6 nitrogen and oxygen atoms in total. The van der Waals surface area contributed by atoms with Gasteiger partial charge in [0.25, 0.3) is 0 Å². The third-order valence-corrected chi connectivity index (χ3v) is 5.94. The van der Waals surface area contributed by atoms with Gasteiger partial charge in [-0.25, -0.2) is 15.2 Å². The van der Waals surface area contributed by atoms with E-state index in [2.05, 4.69) is 12.4 Å². The maximum absolute atomic E-state index is 13.5. The number of hydrogen-bond acceptors (Lipinski definition) is 5. The first-order valence-corrected chi connectivity index (χ1v) is 11.4. The second kappa shape index (κ2) is 11.2. The van der Waals surface area contributed by atoms with Gasteiger partial charge in [-0.3, -0.25) is 9.63 Å². The number of imide groups is 1. The van der Waals surface area contributed by atoms with Gasteiger partial charge in [-0.2, -0.15) is 0 Å². The molecule has 2 aromatic carbocycles. The SMILES string of the molecule is CCCCC(CNOCc1ccccc1)C(=O)N1C(=O)OC(C)(C)[C@@H]1Cc1ccccc1. The van der Waals surface area contributed by atoms with Crippen molar-refractivity contribution >= 4 is 12.0 Å². The summed E-state index contributed by atoms with van der Waals surface area (Å²) in [6.45, 7) is 6.58. The Kier molecular flexibility index (Phi) is 8.42. The van der Waals surface area contributed by atoms with E-state index in [9.17, 15) is 9.59 Å². The van der Waals surface area contributed by atoms with Crippen molar-refractivity contribution in [3.05, 3.63) is 71.8 Å². The lowest BCUT2D eigenvalue weighted by atomic mass is 9.90. The number of cyclic esters (lactones) is 1. The minimum Gasteiger partial charge on any atom is -0.441 e. The summed E-state index contributed by atoms with van der Waals surface area (Å²) < 4.78 is 5.62. The van der Waals surface area contributed by atoms with Crippen LogP contribution in [-0.2, 0) is 27.4 Å². The first-order valence-electron chi connectivity index (χ1n) is 11.4. The summed E-state index contributed by atoms with van der Waals surface area (Å²) >= 11 is 0. The van der Waals surface area contributed by atoms with Gasteiger partial charge in [-0.1, -0.05) is 80.4 Å². The van der Waals surface area contributed by atoms with Crippen LogP contribution in [0.2, 0.25) is 0 Å². The third-order valence-electron chi connectivity index (χ3n) is 5.94. The van der Waals surface area contributed by atoms with Crippen molar-refractivity contribution < 1.29 is 19.2 Å². The number of nitrogens with one attached hydrogen (secondary N) is 1. The summed E-state index contributed by atoms with van der Waals surface area (Å²) in [6, 6.07) is 19.4. The lowest BCUT2D eigenvalue weighted by Gasteiger charge is -2.30. The van der Waals surface area contributed by atoms with E-state index in [0.717, 1.165) is 24.0 Å². The van der Waals surface area contributed by atoms with Crippen molar-refractivity contribution in [1.29, 1.82) is 0 Å². The molecule has 0 radical (unpaired) electrons. The van der Waals surface area contributed by atoms with Crippen LogP contribution < -0.4 is 5.48 Å². The Hall–Kier alpha value is -2.70. The van der Waals surface area contributed by atoms with Crippen LogP contribution >= 0.6 is 0 Å². The molecule has 0 bridgehead atoms. The van der Waals surface area contributed by atoms with E-state index >= 15 is 0 Å². The molecule has 1 N–H and O–H groups in total. The van der Waals surface area contributed by atoms with Gasteiger partial charge < -0.3 is 4.74 Å². The van der Waals surface area contributed by atoms with E-state index < -0.39 is 11.7 Å². The van der Waals surface area contributed by atoms with Crippen LogP contribution in [-0.4, -0.2) is 35.1 Å². The molecule has 0 saturated carbocycles. The minimum atomic E-state index is -0.755. The van der Waals surface area contributed by atoms with Gasteiger partial charge in [0.15, 0.2) is 0 Å². The second-order valence-electron chi connectivity index (χ2n) is 8.85. The fourth-order valence-corrected chi connectivity index (χ4v) is 4.03. The predicted molar refractivity (Wildman–Crippen MR) is 124 cm³/mol. The zero-order chi connectivity index (χ0) is 23.0. The molecule has 2 aromatic rings. The molecule has 0 aliphatic carbocycles. The van der Waals surface area contributed by atoms with Crippen molar-refractivity contribution in [2.45, 2.75) is 64.7 Å². The Labute approximate surface area is 190 Å². The standard InChI is InChI=1S/C26H34N2O4/c1-4-5-16-22(18-27-31-19-21-14-10-7-11-15-21)24(29)28-23(26(2,3)32-25(28)30)17-20-12-8-6-9-13-20/h6-15,22-23,27H,4-5,16-19H2,1-3H3/t22?,23-/m0/s1. The molecular formula is C26H34N2O4. The van der Waals surface area contributed by atoms with Crippen LogP contribution in [0.1, 0.15) is 51.2 Å². The summed E-state index contributed by atoms with van der Waals surface area (Å²) in [5.41, 5.74) is 4.30. The number of amides is 2. The fourth-order valence-electron chi connectivity index (χ4n) is 4.03. The highest BCUT2D eigenvalue weighted by molar-refractivity contribution is 5.95. The van der Waals surface area contributed by atoms with Gasteiger partial charge >= 0.3 is 6.09 Å². The van der Waals surface area contributed by atoms with Crippen LogP contribution in [0.5, 0.6) is 0 Å². The predicted octanol–water partition coefficient (Wildman–Crippen LogP) is 4.88. The zero-order valence-corrected chi connectivity index (χ0v) is 19.3. The summed E-state index contributed by atoms with van der Waals surface area (Å²) in [6.07, 6.45) is 2.54. The first-order chi connectivity index (χ1) is 15.4. The average Bonchev–Trinajstić information content (AvgIpc) is 3.01. The maximum atomic E-state index is 13.5. The summed E-state index contributed by atoms with van der Waals surface area (Å²) in [7, 11) is 0. The lowest BCUT2D eigenvalue weighted by molar-refractivity contribution is -0.135. The van der Waals surface area contributed by atoms with E-state index in [1.807, 2.05) is 74.5 Å². The third kappa shape index (κ3) is 6.17. The Bertz CT molecular complexity index is 870. The number of carbonyl (C=O) groups is 2. The molecule has 1 fully saturated rings. The smallest absolute Gasteiger partial charge is 0.417 e. The topological polar surface area (TPSA) is 67.9 Å². The van der Waals surface area contributed by atoms with E-state index in [4.69, 9.17) is 9.57 Å². The molecule has 2 atom stereocenters. The molecule has 3 rings (SSSR count). The van der Waals surface area contributed by atoms with Crippen molar-refractivity contribution in [1.82, 2.24) is 10.4 Å². The normalized spacial score (nSPS) is 18.4. The van der Waals surface area contributed by atoms with E-state index in [-0.39, 0.29) is 17.9 Å². The molecule has 0 aromatic heterocycles. The fraction of sp³-hybridized carbons (Fsp3) is 0.462. The Morgan fingerprint density at radius 2 is 1.72 bits per heavy atom. The minimum absolute atomic E-state index is 0.203. The van der Waals surface area contributed by atoms with Crippen molar-refractivity contribution in [2.24, 2.45) is 5.92 Å². The number of carbonyl (C=O) groups excluding carboxylic acids is 2. The number of unbranched alkanes of at least 4 members (excludes halogenated alkanes) is 1. The van der Waals surface area contributed by atoms with E-state index in [1.54, 1.807) is 0 Å². The van der Waals surface area contributed by atoms with Crippen LogP contribution in [0.25, 0.3) is 0 Å². The molecule has 1 aliphatic heterocycles. The quantitative estimate of drug-likeness (QED) is 0.400.